The number of benzene rings is 2. The Morgan fingerprint density at radius 2 is 1.77 bits per heavy atom. The van der Waals surface area contributed by atoms with Gasteiger partial charge >= 0.3 is 5.51 Å². The van der Waals surface area contributed by atoms with Gasteiger partial charge in [0.05, 0.1) is 0 Å². The van der Waals surface area contributed by atoms with Crippen LogP contribution in [0.25, 0.3) is 6.08 Å². The molecule has 0 saturated heterocycles. The number of carbonyl (C=O) groups excluding carboxylic acids is 1. The highest BCUT2D eigenvalue weighted by molar-refractivity contribution is 8.00. The van der Waals surface area contributed by atoms with Crippen molar-refractivity contribution in [1.82, 2.24) is 5.32 Å². The van der Waals surface area contributed by atoms with Gasteiger partial charge in [-0.2, -0.15) is 18.4 Å². The van der Waals surface area contributed by atoms with Gasteiger partial charge in [-0.1, -0.05) is 42.5 Å². The summed E-state index contributed by atoms with van der Waals surface area (Å²) in [6.07, 6.45) is 1.98. The second-order valence-corrected chi connectivity index (χ2v) is 6.42. The number of hydrogen-bond donors (Lipinski definition) is 1. The molecule has 0 atom stereocenters. The van der Waals surface area contributed by atoms with Crippen LogP contribution in [0.5, 0.6) is 0 Å². The summed E-state index contributed by atoms with van der Waals surface area (Å²) in [4.78, 5) is 12.1. The molecule has 0 bridgehead atoms. The lowest BCUT2D eigenvalue weighted by atomic mass is 10.1. The van der Waals surface area contributed by atoms with Gasteiger partial charge in [0.1, 0.15) is 11.6 Å². The largest absolute Gasteiger partial charge is 0.446 e. The molecule has 0 saturated carbocycles. The molecule has 1 N–H and O–H groups in total. The van der Waals surface area contributed by atoms with Crippen molar-refractivity contribution in [2.24, 2.45) is 0 Å². The number of alkyl halides is 3. The molecule has 0 unspecified atom stereocenters. The Morgan fingerprint density at radius 3 is 2.35 bits per heavy atom. The number of nitrogens with one attached hydrogen (secondary N) is 1. The van der Waals surface area contributed by atoms with Gasteiger partial charge in [0.25, 0.3) is 5.91 Å². The van der Waals surface area contributed by atoms with Crippen LogP contribution in [-0.2, 0) is 11.2 Å². The number of rotatable bonds is 6. The first-order valence-corrected chi connectivity index (χ1v) is 8.49. The van der Waals surface area contributed by atoms with Crippen LogP contribution in [0.1, 0.15) is 11.1 Å². The first-order chi connectivity index (χ1) is 12.4. The van der Waals surface area contributed by atoms with Crippen LogP contribution in [0.2, 0.25) is 0 Å². The van der Waals surface area contributed by atoms with E-state index < -0.39 is 11.4 Å². The van der Waals surface area contributed by atoms with E-state index in [1.165, 1.54) is 30.3 Å². The van der Waals surface area contributed by atoms with E-state index in [2.05, 4.69) is 5.32 Å². The predicted octanol–water partition coefficient (Wildman–Crippen LogP) is 4.56. The SMILES string of the molecule is N#C/C(=C\c1ccc(SC(F)(F)F)cc1)C(=O)NCCc1ccccc1. The molecule has 0 heterocycles. The lowest BCUT2D eigenvalue weighted by Crippen LogP contribution is -2.26. The molecule has 2 aromatic carbocycles. The number of hydrogen-bond acceptors (Lipinski definition) is 3. The van der Waals surface area contributed by atoms with Crippen LogP contribution in [-0.4, -0.2) is 18.0 Å². The number of amides is 1. The highest BCUT2D eigenvalue weighted by atomic mass is 32.2. The molecule has 0 fully saturated rings. The molecular formula is C19H15F3N2OS. The normalized spacial score (nSPS) is 11.7. The van der Waals surface area contributed by atoms with E-state index in [0.717, 1.165) is 5.56 Å². The summed E-state index contributed by atoms with van der Waals surface area (Å²) in [5, 5.41) is 11.8. The lowest BCUT2D eigenvalue weighted by molar-refractivity contribution is -0.117. The smallest absolute Gasteiger partial charge is 0.351 e. The van der Waals surface area contributed by atoms with Gasteiger partial charge in [0.2, 0.25) is 0 Å². The Balaban J connectivity index is 1.96. The van der Waals surface area contributed by atoms with Crippen molar-refractivity contribution in [2.75, 3.05) is 6.54 Å². The standard InChI is InChI=1S/C19H15F3N2OS/c20-19(21,22)26-17-8-6-15(7-9-17)12-16(13-23)18(25)24-11-10-14-4-2-1-3-5-14/h1-9,12H,10-11H2,(H,24,25)/b16-12+. The van der Waals surface area contributed by atoms with Crippen molar-refractivity contribution < 1.29 is 18.0 Å². The first kappa shape index (κ1) is 19.6. The molecule has 7 heteroatoms. The minimum absolute atomic E-state index is 0.0421. The van der Waals surface area contributed by atoms with Crippen LogP contribution in [0.4, 0.5) is 13.2 Å². The summed E-state index contributed by atoms with van der Waals surface area (Å²) < 4.78 is 36.9. The number of carbonyl (C=O) groups is 1. The molecule has 2 aromatic rings. The third-order valence-corrected chi connectivity index (χ3v) is 4.07. The zero-order valence-corrected chi connectivity index (χ0v) is 14.4. The van der Waals surface area contributed by atoms with Gasteiger partial charge in [-0.15, -0.1) is 0 Å². The molecule has 0 aliphatic heterocycles. The summed E-state index contributed by atoms with van der Waals surface area (Å²) in [6, 6.07) is 16.9. The van der Waals surface area contributed by atoms with Crippen molar-refractivity contribution in [3.8, 4) is 6.07 Å². The Kier molecular flexibility index (Phi) is 6.87. The fourth-order valence-corrected chi connectivity index (χ4v) is 2.68. The fraction of sp³-hybridized carbons (Fsp3) is 0.158. The maximum atomic E-state index is 12.3. The molecule has 26 heavy (non-hydrogen) atoms. The minimum Gasteiger partial charge on any atom is -0.351 e. The van der Waals surface area contributed by atoms with E-state index >= 15 is 0 Å². The number of halogens is 3. The highest BCUT2D eigenvalue weighted by Gasteiger charge is 2.28. The summed E-state index contributed by atoms with van der Waals surface area (Å²) in [5.41, 5.74) is -2.91. The molecular weight excluding hydrogens is 361 g/mol. The van der Waals surface area contributed by atoms with Crippen LogP contribution in [0, 0.1) is 11.3 Å². The topological polar surface area (TPSA) is 52.9 Å². The van der Waals surface area contributed by atoms with Crippen LogP contribution in [0.3, 0.4) is 0 Å². The number of nitriles is 1. The average Bonchev–Trinajstić information content (AvgIpc) is 2.60. The van der Waals surface area contributed by atoms with Gasteiger partial charge in [0, 0.05) is 11.4 Å². The van der Waals surface area contributed by atoms with Gasteiger partial charge in [-0.25, -0.2) is 0 Å². The molecule has 134 valence electrons. The Hall–Kier alpha value is -2.72. The third-order valence-electron chi connectivity index (χ3n) is 3.33. The quantitative estimate of drug-likeness (QED) is 0.457. The summed E-state index contributed by atoms with van der Waals surface area (Å²) in [7, 11) is 0. The first-order valence-electron chi connectivity index (χ1n) is 7.67. The molecule has 2 rings (SSSR count). The van der Waals surface area contributed by atoms with Crippen molar-refractivity contribution in [2.45, 2.75) is 16.8 Å². The Bertz CT molecular complexity index is 809. The van der Waals surface area contributed by atoms with Gasteiger partial charge in [-0.3, -0.25) is 4.79 Å². The molecule has 0 radical (unpaired) electrons. The Morgan fingerprint density at radius 1 is 1.12 bits per heavy atom. The number of nitrogens with zero attached hydrogens (tertiary/aromatic N) is 1. The van der Waals surface area contributed by atoms with E-state index in [4.69, 9.17) is 5.26 Å². The molecule has 0 aliphatic carbocycles. The lowest BCUT2D eigenvalue weighted by Gasteiger charge is -2.06. The van der Waals surface area contributed by atoms with Gasteiger partial charge in [0.15, 0.2) is 0 Å². The van der Waals surface area contributed by atoms with E-state index in [0.29, 0.717) is 18.5 Å². The second-order valence-electron chi connectivity index (χ2n) is 5.28. The van der Waals surface area contributed by atoms with Gasteiger partial charge in [-0.05, 0) is 47.5 Å². The van der Waals surface area contributed by atoms with E-state index in [9.17, 15) is 18.0 Å². The van der Waals surface area contributed by atoms with Crippen LogP contribution >= 0.6 is 11.8 Å². The summed E-state index contributed by atoms with van der Waals surface area (Å²) >= 11 is -0.216. The average molecular weight is 376 g/mol. The zero-order chi connectivity index (χ0) is 19.0. The molecule has 3 nitrogen and oxygen atoms in total. The Labute approximate surface area is 153 Å². The monoisotopic (exact) mass is 376 g/mol. The van der Waals surface area contributed by atoms with Crippen molar-refractivity contribution >= 4 is 23.7 Å². The summed E-state index contributed by atoms with van der Waals surface area (Å²) in [5.74, 6) is -0.517. The van der Waals surface area contributed by atoms with Crippen molar-refractivity contribution in [1.29, 1.82) is 5.26 Å². The van der Waals surface area contributed by atoms with E-state index in [-0.39, 0.29) is 22.2 Å². The fourth-order valence-electron chi connectivity index (χ4n) is 2.14. The predicted molar refractivity (Wildman–Crippen MR) is 95.1 cm³/mol. The molecule has 0 aromatic heterocycles. The highest BCUT2D eigenvalue weighted by Crippen LogP contribution is 2.36. The van der Waals surface area contributed by atoms with Crippen molar-refractivity contribution in [3.63, 3.8) is 0 Å². The number of thioether (sulfide) groups is 1. The van der Waals surface area contributed by atoms with Crippen molar-refractivity contribution in [3.05, 3.63) is 71.3 Å². The zero-order valence-electron chi connectivity index (χ0n) is 13.6. The second kappa shape index (κ2) is 9.11. The van der Waals surface area contributed by atoms with E-state index in [1.54, 1.807) is 0 Å². The summed E-state index contributed by atoms with van der Waals surface area (Å²) in [6.45, 7) is 0.378. The minimum atomic E-state index is -4.35. The molecule has 0 spiro atoms. The maximum Gasteiger partial charge on any atom is 0.446 e. The third kappa shape index (κ3) is 6.65. The van der Waals surface area contributed by atoms with Crippen LogP contribution < -0.4 is 5.32 Å². The van der Waals surface area contributed by atoms with Crippen LogP contribution in [0.15, 0.2) is 65.1 Å². The van der Waals surface area contributed by atoms with Gasteiger partial charge < -0.3 is 5.32 Å². The van der Waals surface area contributed by atoms with E-state index in [1.807, 2.05) is 36.4 Å². The molecule has 0 aliphatic rings. The molecule has 1 amide bonds. The maximum absolute atomic E-state index is 12.3.